The Balaban J connectivity index is 0. The highest BCUT2D eigenvalue weighted by atomic mass is 31.2. The number of rotatable bonds is 13. The van der Waals surface area contributed by atoms with Crippen LogP contribution in [-0.2, 0) is 28.3 Å². The van der Waals surface area contributed by atoms with Crippen LogP contribution in [0.4, 0.5) is 0 Å². The fraction of sp³-hybridized carbons (Fsp3) is 0.625. The van der Waals surface area contributed by atoms with Crippen molar-refractivity contribution in [3.8, 4) is 0 Å². The summed E-state index contributed by atoms with van der Waals surface area (Å²) in [5.74, 6) is -0.588. The monoisotopic (exact) mass is 410 g/mol. The van der Waals surface area contributed by atoms with Gasteiger partial charge < -0.3 is 33.6 Å². The minimum atomic E-state index is -2.11. The van der Waals surface area contributed by atoms with E-state index in [-0.39, 0.29) is 25.1 Å². The number of carbonyl (C=O) groups is 2. The predicted molar refractivity (Wildman–Crippen MR) is 102 cm³/mol. The summed E-state index contributed by atoms with van der Waals surface area (Å²) in [4.78, 5) is 32.5. The summed E-state index contributed by atoms with van der Waals surface area (Å²) < 4.78 is 20.6. The van der Waals surface area contributed by atoms with Gasteiger partial charge in [0.05, 0.1) is 13.2 Å². The van der Waals surface area contributed by atoms with Gasteiger partial charge in [0.1, 0.15) is 6.10 Å². The molecule has 0 heterocycles. The van der Waals surface area contributed by atoms with Gasteiger partial charge in [0.2, 0.25) is 14.8 Å². The highest BCUT2D eigenvalue weighted by Crippen LogP contribution is 2.38. The van der Waals surface area contributed by atoms with Crippen molar-refractivity contribution in [1.29, 1.82) is 0 Å². The van der Waals surface area contributed by atoms with Crippen molar-refractivity contribution in [2.45, 2.75) is 26.2 Å². The van der Waals surface area contributed by atoms with Gasteiger partial charge in [0.15, 0.2) is 11.7 Å². The van der Waals surface area contributed by atoms with Crippen molar-refractivity contribution in [1.82, 2.24) is 10.2 Å². The normalized spacial score (nSPS) is 14.7. The zero-order chi connectivity index (χ0) is 21.2. The van der Waals surface area contributed by atoms with Gasteiger partial charge in [-0.3, -0.25) is 14.9 Å². The predicted octanol–water partition coefficient (Wildman–Crippen LogP) is 1.08. The van der Waals surface area contributed by atoms with Crippen molar-refractivity contribution in [2.24, 2.45) is 0 Å². The average Bonchev–Trinajstić information content (AvgIpc) is 2.66. The first kappa shape index (κ1) is 27.7. The van der Waals surface area contributed by atoms with Crippen molar-refractivity contribution >= 4 is 20.7 Å². The van der Waals surface area contributed by atoms with Crippen molar-refractivity contribution < 1.29 is 38.3 Å². The summed E-state index contributed by atoms with van der Waals surface area (Å²) >= 11 is 0. The highest BCUT2D eigenvalue weighted by molar-refractivity contribution is 7.50. The molecule has 0 saturated carbocycles. The third kappa shape index (κ3) is 13.3. The summed E-state index contributed by atoms with van der Waals surface area (Å²) in [7, 11) is 3.72. The molecule has 0 aromatic rings. The molecule has 10 nitrogen and oxygen atoms in total. The Morgan fingerprint density at radius 1 is 1.22 bits per heavy atom. The van der Waals surface area contributed by atoms with Gasteiger partial charge >= 0.3 is 0 Å². The summed E-state index contributed by atoms with van der Waals surface area (Å²) in [6.07, 6.45) is 2.76. The molecule has 158 valence electrons. The number of nitrogens with zero attached hydrogens (tertiary/aromatic N) is 1. The van der Waals surface area contributed by atoms with Crippen LogP contribution >= 0.6 is 8.38 Å². The maximum absolute atomic E-state index is 11.3. The Morgan fingerprint density at radius 2 is 1.81 bits per heavy atom. The summed E-state index contributed by atoms with van der Waals surface area (Å²) in [6, 6.07) is 0. The van der Waals surface area contributed by atoms with Gasteiger partial charge in [-0.25, -0.2) is 0 Å². The molecule has 0 aliphatic rings. The SMILES string of the molecule is CC.COCC(/C=C(\O)P(O)OC)OC(COC)N(C)/C=C\C(=O)NC=O. The molecule has 0 bridgehead atoms. The van der Waals surface area contributed by atoms with Crippen LogP contribution in [0.1, 0.15) is 13.8 Å². The molecular weight excluding hydrogens is 379 g/mol. The standard InChI is InChI=1S/C14H25N2O8P.C2H6/c1-16(6-5-12(18)15-10-17)13(9-22-3)24-11(8-21-2)7-14(19)25(20)23-4;1-2/h5-7,10-11,13,19-20H,8-9H2,1-4H3,(H,15,17,18);1-2H3/b6-5-,14-7+;. The largest absolute Gasteiger partial charge is 0.503 e. The number of methoxy groups -OCH3 is 2. The molecule has 27 heavy (non-hydrogen) atoms. The van der Waals surface area contributed by atoms with E-state index < -0.39 is 26.6 Å². The van der Waals surface area contributed by atoms with Crippen LogP contribution in [0.25, 0.3) is 0 Å². The molecule has 3 N–H and O–H groups in total. The smallest absolute Gasteiger partial charge is 0.251 e. The molecule has 3 unspecified atom stereocenters. The van der Waals surface area contributed by atoms with Crippen molar-refractivity contribution in [3.63, 3.8) is 0 Å². The molecule has 2 amide bonds. The molecule has 3 atom stereocenters. The molecule has 0 radical (unpaired) electrons. The van der Waals surface area contributed by atoms with Crippen LogP contribution in [0.15, 0.2) is 23.9 Å². The first-order valence-corrected chi connectivity index (χ1v) is 9.32. The Hall–Kier alpha value is -1.55. The summed E-state index contributed by atoms with van der Waals surface area (Å²) in [6.45, 7) is 4.24. The molecule has 0 spiro atoms. The van der Waals surface area contributed by atoms with E-state index >= 15 is 0 Å². The molecule has 0 fully saturated rings. The second-order valence-electron chi connectivity index (χ2n) is 4.63. The van der Waals surface area contributed by atoms with Crippen LogP contribution in [0.5, 0.6) is 0 Å². The van der Waals surface area contributed by atoms with Gasteiger partial charge in [-0.05, 0) is 6.08 Å². The third-order valence-electron chi connectivity index (χ3n) is 2.79. The fourth-order valence-corrected chi connectivity index (χ4v) is 2.08. The van der Waals surface area contributed by atoms with E-state index in [0.717, 1.165) is 6.08 Å². The topological polar surface area (TPSA) is 127 Å². The summed E-state index contributed by atoms with van der Waals surface area (Å²) in [5.41, 5.74) is -0.362. The summed E-state index contributed by atoms with van der Waals surface area (Å²) in [5, 5.41) is 11.7. The van der Waals surface area contributed by atoms with Crippen LogP contribution in [0, 0.1) is 0 Å². The number of aliphatic hydroxyl groups excluding tert-OH is 1. The number of hydrogen-bond donors (Lipinski definition) is 3. The van der Waals surface area contributed by atoms with E-state index in [1.54, 1.807) is 11.9 Å². The van der Waals surface area contributed by atoms with Crippen LogP contribution in [-0.4, -0.2) is 81.1 Å². The minimum Gasteiger partial charge on any atom is -0.503 e. The van der Waals surface area contributed by atoms with Gasteiger partial charge in [-0.2, -0.15) is 0 Å². The molecular formula is C16H31N2O8P. The number of amides is 2. The maximum atomic E-state index is 11.3. The van der Waals surface area contributed by atoms with Crippen molar-refractivity contribution in [3.05, 3.63) is 23.9 Å². The van der Waals surface area contributed by atoms with Gasteiger partial charge in [-0.15, -0.1) is 0 Å². The number of hydrogen-bond acceptors (Lipinski definition) is 9. The second kappa shape index (κ2) is 17.8. The molecule has 0 aliphatic heterocycles. The van der Waals surface area contributed by atoms with Crippen LogP contribution < -0.4 is 5.32 Å². The fourth-order valence-electron chi connectivity index (χ4n) is 1.60. The minimum absolute atomic E-state index is 0.0976. The highest BCUT2D eigenvalue weighted by Gasteiger charge is 2.20. The van der Waals surface area contributed by atoms with E-state index in [0.29, 0.717) is 0 Å². The lowest BCUT2D eigenvalue weighted by Crippen LogP contribution is -2.38. The second-order valence-corrected chi connectivity index (χ2v) is 6.00. The Labute approximate surface area is 161 Å². The molecule has 0 aromatic carbocycles. The number of imide groups is 1. The van der Waals surface area contributed by atoms with Gasteiger partial charge in [-0.1, -0.05) is 13.8 Å². The number of carbonyl (C=O) groups excluding carboxylic acids is 2. The van der Waals surface area contributed by atoms with Crippen LogP contribution in [0.2, 0.25) is 0 Å². The van der Waals surface area contributed by atoms with Gasteiger partial charge in [0, 0.05) is 40.7 Å². The molecule has 0 saturated heterocycles. The maximum Gasteiger partial charge on any atom is 0.251 e. The molecule has 0 rings (SSSR count). The first-order valence-electron chi connectivity index (χ1n) is 8.11. The zero-order valence-corrected chi connectivity index (χ0v) is 17.5. The van der Waals surface area contributed by atoms with E-state index in [9.17, 15) is 19.6 Å². The van der Waals surface area contributed by atoms with Crippen LogP contribution in [0.3, 0.4) is 0 Å². The first-order chi connectivity index (χ1) is 12.9. The van der Waals surface area contributed by atoms with Gasteiger partial charge in [0.25, 0.3) is 5.91 Å². The molecule has 11 heteroatoms. The van der Waals surface area contributed by atoms with Crippen molar-refractivity contribution in [2.75, 3.05) is 41.6 Å². The lowest BCUT2D eigenvalue weighted by atomic mass is 10.3. The lowest BCUT2D eigenvalue weighted by molar-refractivity contribution is -0.122. The zero-order valence-electron chi connectivity index (χ0n) is 16.6. The Bertz CT molecular complexity index is 462. The number of ether oxygens (including phenoxy) is 3. The average molecular weight is 410 g/mol. The molecule has 0 aliphatic carbocycles. The molecule has 0 aromatic heterocycles. The van der Waals surface area contributed by atoms with E-state index in [1.165, 1.54) is 33.6 Å². The third-order valence-corrected chi connectivity index (χ3v) is 3.68. The van der Waals surface area contributed by atoms with E-state index in [4.69, 9.17) is 14.2 Å². The number of nitrogens with one attached hydrogen (secondary N) is 1. The quantitative estimate of drug-likeness (QED) is 0.134. The Morgan fingerprint density at radius 3 is 2.30 bits per heavy atom. The number of likely N-dealkylation sites (N-methyl/N-ethyl adjacent to an activating group) is 1. The van der Waals surface area contributed by atoms with E-state index in [2.05, 4.69) is 4.52 Å². The Kier molecular flexibility index (Phi) is 18.3. The number of aliphatic hydroxyl groups is 1. The lowest BCUT2D eigenvalue weighted by Gasteiger charge is -2.29. The van der Waals surface area contributed by atoms with E-state index in [1.807, 2.05) is 19.2 Å².